The van der Waals surface area contributed by atoms with E-state index < -0.39 is 0 Å². The molecule has 0 unspecified atom stereocenters. The van der Waals surface area contributed by atoms with Gasteiger partial charge in [-0.2, -0.15) is 0 Å². The van der Waals surface area contributed by atoms with Gasteiger partial charge in [0.1, 0.15) is 0 Å². The van der Waals surface area contributed by atoms with Gasteiger partial charge >= 0.3 is 0 Å². The van der Waals surface area contributed by atoms with E-state index in [4.69, 9.17) is 6.42 Å². The smallest absolute Gasteiger partial charge is 0.0286 e. The minimum atomic E-state index is 0.395. The highest BCUT2D eigenvalue weighted by molar-refractivity contribution is 5.63. The second kappa shape index (κ2) is 9.22. The molecule has 0 aromatic heterocycles. The number of rotatable bonds is 4. The standard InChI is InChI=1S/C48H62/c1-2-40-15-41(45-16-28-3-29(17-45)5-30(4-28)18-45)43(47-22-34-9-35(23-47)11-36(10-34)24-47)44(48-25-37-12-38(26-48)14-39(13-37)27-48)42(40)46-19-31-6-32(20-46)8-33(7-31)21-46/h1,15,28-39H,3-14,16-27H2. The molecule has 0 atom stereocenters. The van der Waals surface area contributed by atoms with Gasteiger partial charge in [-0.1, -0.05) is 5.92 Å². The summed E-state index contributed by atoms with van der Waals surface area (Å²) in [5.74, 6) is 15.7. The van der Waals surface area contributed by atoms with Crippen LogP contribution in [0.15, 0.2) is 6.07 Å². The summed E-state index contributed by atoms with van der Waals surface area (Å²) in [5.41, 5.74) is 11.3. The van der Waals surface area contributed by atoms with E-state index in [9.17, 15) is 0 Å². The van der Waals surface area contributed by atoms with Crippen molar-refractivity contribution in [2.24, 2.45) is 71.0 Å². The number of terminal acetylenes is 1. The molecule has 1 aromatic rings. The molecular weight excluding hydrogens is 577 g/mol. The van der Waals surface area contributed by atoms with Gasteiger partial charge in [-0.15, -0.1) is 6.42 Å². The molecule has 0 heteroatoms. The van der Waals surface area contributed by atoms with E-state index in [-0.39, 0.29) is 0 Å². The number of hydrogen-bond donors (Lipinski definition) is 0. The molecule has 1 aromatic carbocycles. The molecule has 17 rings (SSSR count). The van der Waals surface area contributed by atoms with Crippen molar-refractivity contribution < 1.29 is 0 Å². The summed E-state index contributed by atoms with van der Waals surface area (Å²) in [5, 5.41) is 0. The summed E-state index contributed by atoms with van der Waals surface area (Å²) in [6.07, 6.45) is 44.0. The van der Waals surface area contributed by atoms with Crippen LogP contribution in [0.3, 0.4) is 0 Å². The Morgan fingerprint density at radius 2 is 0.604 bits per heavy atom. The Bertz CT molecular complexity index is 1480. The molecule has 254 valence electrons. The average molecular weight is 639 g/mol. The molecular formula is C48H62. The Kier molecular flexibility index (Phi) is 5.45. The van der Waals surface area contributed by atoms with Crippen molar-refractivity contribution in [3.8, 4) is 12.3 Å². The maximum atomic E-state index is 7.00. The first-order valence-corrected chi connectivity index (χ1v) is 22.1. The van der Waals surface area contributed by atoms with Crippen molar-refractivity contribution in [2.45, 2.75) is 176 Å². The number of hydrogen-bond acceptors (Lipinski definition) is 0. The van der Waals surface area contributed by atoms with Gasteiger partial charge < -0.3 is 0 Å². The largest absolute Gasteiger partial charge is 0.115 e. The van der Waals surface area contributed by atoms with Gasteiger partial charge in [0.15, 0.2) is 0 Å². The summed E-state index contributed by atoms with van der Waals surface area (Å²) in [6.45, 7) is 0. The van der Waals surface area contributed by atoms with Crippen LogP contribution in [-0.4, -0.2) is 0 Å². The Labute approximate surface area is 292 Å². The summed E-state index contributed by atoms with van der Waals surface area (Å²) in [4.78, 5) is 0. The van der Waals surface area contributed by atoms with Crippen LogP contribution in [0.1, 0.15) is 182 Å². The van der Waals surface area contributed by atoms with E-state index in [1.54, 1.807) is 96.3 Å². The lowest BCUT2D eigenvalue weighted by atomic mass is 9.39. The van der Waals surface area contributed by atoms with Crippen LogP contribution in [0, 0.1) is 83.4 Å². The fourth-order valence-electron chi connectivity index (χ4n) is 20.5. The highest BCUT2D eigenvalue weighted by atomic mass is 14.7. The zero-order chi connectivity index (χ0) is 31.2. The predicted octanol–water partition coefficient (Wildman–Crippen LogP) is 11.5. The Balaban J connectivity index is 1.14. The van der Waals surface area contributed by atoms with Crippen LogP contribution < -0.4 is 0 Å². The van der Waals surface area contributed by atoms with Crippen LogP contribution in [-0.2, 0) is 21.7 Å². The van der Waals surface area contributed by atoms with E-state index in [0.717, 1.165) is 71.0 Å². The second-order valence-corrected chi connectivity index (χ2v) is 23.0. The van der Waals surface area contributed by atoms with Crippen molar-refractivity contribution >= 4 is 0 Å². The predicted molar refractivity (Wildman–Crippen MR) is 194 cm³/mol. The van der Waals surface area contributed by atoms with E-state index in [0.29, 0.717) is 21.7 Å². The Hall–Kier alpha value is -1.22. The van der Waals surface area contributed by atoms with E-state index in [1.807, 2.05) is 11.1 Å². The lowest BCUT2D eigenvalue weighted by Crippen LogP contribution is -2.57. The van der Waals surface area contributed by atoms with Crippen molar-refractivity contribution in [3.05, 3.63) is 33.9 Å². The summed E-state index contributed by atoms with van der Waals surface area (Å²) >= 11 is 0. The monoisotopic (exact) mass is 638 g/mol. The second-order valence-electron chi connectivity index (χ2n) is 23.0. The molecule has 0 amide bonds. The van der Waals surface area contributed by atoms with Gasteiger partial charge in [-0.05, 0) is 275 Å². The highest BCUT2D eigenvalue weighted by Crippen LogP contribution is 2.72. The van der Waals surface area contributed by atoms with Crippen LogP contribution in [0.4, 0.5) is 0 Å². The molecule has 48 heavy (non-hydrogen) atoms. The average Bonchev–Trinajstić information content (AvgIpc) is 3.01. The topological polar surface area (TPSA) is 0 Å². The molecule has 0 spiro atoms. The fraction of sp³-hybridized carbons (Fsp3) is 0.833. The van der Waals surface area contributed by atoms with Crippen molar-refractivity contribution in [2.75, 3.05) is 0 Å². The van der Waals surface area contributed by atoms with Gasteiger partial charge in [0, 0.05) is 5.56 Å². The Morgan fingerprint density at radius 3 is 0.896 bits per heavy atom. The van der Waals surface area contributed by atoms with Crippen LogP contribution >= 0.6 is 0 Å². The molecule has 16 saturated carbocycles. The zero-order valence-corrected chi connectivity index (χ0v) is 30.1. The molecule has 16 bridgehead atoms. The molecule has 0 N–H and O–H groups in total. The van der Waals surface area contributed by atoms with E-state index in [1.165, 1.54) is 63.4 Å². The maximum absolute atomic E-state index is 7.00. The SMILES string of the molecule is C#Cc1cc(C23CC4CC(CC(C4)C2)C3)c(C23CC4CC(CC(C4)C2)C3)c(C23CC4CC(CC(C4)C2)C3)c1C12CC3CC(CC(C3)C1)C2. The van der Waals surface area contributed by atoms with E-state index in [2.05, 4.69) is 23.1 Å². The lowest BCUT2D eigenvalue weighted by Gasteiger charge is -2.65. The van der Waals surface area contributed by atoms with Gasteiger partial charge in [0.2, 0.25) is 0 Å². The first-order valence-electron chi connectivity index (χ1n) is 22.1. The molecule has 0 heterocycles. The minimum absolute atomic E-state index is 0.395. The molecule has 16 aliphatic carbocycles. The fourth-order valence-corrected chi connectivity index (χ4v) is 20.5. The minimum Gasteiger partial charge on any atom is -0.115 e. The molecule has 0 nitrogen and oxygen atoms in total. The normalized spacial score (nSPS) is 57.1. The summed E-state index contributed by atoms with van der Waals surface area (Å²) < 4.78 is 0. The van der Waals surface area contributed by atoms with Crippen LogP contribution in [0.25, 0.3) is 0 Å². The third kappa shape index (κ3) is 3.68. The highest BCUT2D eigenvalue weighted by Gasteiger charge is 2.63. The first-order chi connectivity index (χ1) is 23.4. The van der Waals surface area contributed by atoms with Crippen molar-refractivity contribution in [1.29, 1.82) is 0 Å². The molecule has 16 fully saturated rings. The molecule has 0 aliphatic heterocycles. The maximum Gasteiger partial charge on any atom is 0.0286 e. The van der Waals surface area contributed by atoms with Crippen LogP contribution in [0.5, 0.6) is 0 Å². The Morgan fingerprint density at radius 1 is 0.354 bits per heavy atom. The van der Waals surface area contributed by atoms with Crippen molar-refractivity contribution in [1.82, 2.24) is 0 Å². The lowest BCUT2D eigenvalue weighted by molar-refractivity contribution is -0.0289. The van der Waals surface area contributed by atoms with Gasteiger partial charge in [-0.3, -0.25) is 0 Å². The van der Waals surface area contributed by atoms with Crippen LogP contribution in [0.2, 0.25) is 0 Å². The number of benzene rings is 1. The molecule has 0 saturated heterocycles. The summed E-state index contributed by atoms with van der Waals surface area (Å²) in [6, 6.07) is 2.90. The quantitative estimate of drug-likeness (QED) is 0.288. The zero-order valence-electron chi connectivity index (χ0n) is 30.1. The van der Waals surface area contributed by atoms with Gasteiger partial charge in [0.25, 0.3) is 0 Å². The first kappa shape index (κ1) is 28.4. The van der Waals surface area contributed by atoms with Gasteiger partial charge in [-0.25, -0.2) is 0 Å². The third-order valence-corrected chi connectivity index (χ3v) is 19.8. The van der Waals surface area contributed by atoms with Crippen molar-refractivity contribution in [3.63, 3.8) is 0 Å². The third-order valence-electron chi connectivity index (χ3n) is 19.8. The molecule has 16 aliphatic rings. The molecule has 0 radical (unpaired) electrons. The van der Waals surface area contributed by atoms with Gasteiger partial charge in [0.05, 0.1) is 0 Å². The summed E-state index contributed by atoms with van der Waals surface area (Å²) in [7, 11) is 0. The van der Waals surface area contributed by atoms with E-state index >= 15 is 0 Å².